The third-order valence-electron chi connectivity index (χ3n) is 2.81. The van der Waals surface area contributed by atoms with Gasteiger partial charge in [-0.15, -0.1) is 0 Å². The average Bonchev–Trinajstić information content (AvgIpc) is 2.39. The van der Waals surface area contributed by atoms with Crippen molar-refractivity contribution in [1.82, 2.24) is 0 Å². The lowest BCUT2D eigenvalue weighted by atomic mass is 9.99. The summed E-state index contributed by atoms with van der Waals surface area (Å²) in [5, 5.41) is 10.0. The van der Waals surface area contributed by atoms with Gasteiger partial charge in [-0.2, -0.15) is 0 Å². The molecule has 1 aromatic rings. The molecule has 19 heavy (non-hydrogen) atoms. The van der Waals surface area contributed by atoms with Crippen LogP contribution in [0, 0.1) is 0 Å². The predicted octanol–water partition coefficient (Wildman–Crippen LogP) is 3.23. The fourth-order valence-corrected chi connectivity index (χ4v) is 1.74. The second-order valence-electron chi connectivity index (χ2n) is 4.38. The Balaban J connectivity index is 3.21. The smallest absolute Gasteiger partial charge is 0.210 e. The van der Waals surface area contributed by atoms with Gasteiger partial charge >= 0.3 is 0 Å². The van der Waals surface area contributed by atoms with Crippen LogP contribution in [0.15, 0.2) is 34.3 Å². The van der Waals surface area contributed by atoms with Crippen molar-refractivity contribution in [3.8, 4) is 5.75 Å². The number of rotatable bonds is 4. The minimum absolute atomic E-state index is 0.259. The van der Waals surface area contributed by atoms with Gasteiger partial charge in [-0.05, 0) is 24.3 Å². The summed E-state index contributed by atoms with van der Waals surface area (Å²) in [4.78, 5) is 7.90. The summed E-state index contributed by atoms with van der Waals surface area (Å²) < 4.78 is 5.07. The van der Waals surface area contributed by atoms with E-state index in [4.69, 9.17) is 4.74 Å². The van der Waals surface area contributed by atoms with Crippen LogP contribution in [0.1, 0.15) is 30.9 Å². The summed E-state index contributed by atoms with van der Waals surface area (Å²) in [5.41, 5.74) is 2.28. The molecule has 0 amide bonds. The highest BCUT2D eigenvalue weighted by Gasteiger charge is 2.09. The first kappa shape index (κ1) is 15.0. The second-order valence-corrected chi connectivity index (χ2v) is 4.38. The molecule has 0 bridgehead atoms. The molecule has 1 N–H and O–H groups in total. The van der Waals surface area contributed by atoms with Gasteiger partial charge in [-0.1, -0.05) is 26.0 Å². The monoisotopic (exact) mass is 260 g/mol. The van der Waals surface area contributed by atoms with Gasteiger partial charge in [0.15, 0.2) is 0 Å². The number of methoxy groups -OCH3 is 1. The molecule has 0 atom stereocenters. The van der Waals surface area contributed by atoms with Crippen molar-refractivity contribution >= 4 is 18.3 Å². The zero-order valence-corrected chi connectivity index (χ0v) is 11.8. The van der Waals surface area contributed by atoms with E-state index >= 15 is 0 Å². The number of phenols is 1. The zero-order chi connectivity index (χ0) is 14.4. The molecule has 0 saturated heterocycles. The molecule has 0 aliphatic heterocycles. The fraction of sp³-hybridized carbons (Fsp3) is 0.333. The third kappa shape index (κ3) is 3.68. The highest BCUT2D eigenvalue weighted by molar-refractivity contribution is 5.95. The van der Waals surface area contributed by atoms with Crippen LogP contribution in [-0.4, -0.2) is 31.9 Å². The summed E-state index contributed by atoms with van der Waals surface area (Å²) in [7, 11) is 3.17. The molecule has 102 valence electrons. The Morgan fingerprint density at radius 3 is 2.53 bits per heavy atom. The molecule has 1 rings (SSSR count). The van der Waals surface area contributed by atoms with E-state index in [2.05, 4.69) is 16.7 Å². The quantitative estimate of drug-likeness (QED) is 0.667. The summed E-state index contributed by atoms with van der Waals surface area (Å²) in [6, 6.07) is 5.47. The van der Waals surface area contributed by atoms with E-state index in [1.165, 1.54) is 0 Å². The Morgan fingerprint density at radius 1 is 1.42 bits per heavy atom. The maximum Gasteiger partial charge on any atom is 0.210 e. The summed E-state index contributed by atoms with van der Waals surface area (Å²) in [6.45, 7) is 7.60. The molecule has 0 aliphatic carbocycles. The summed E-state index contributed by atoms with van der Waals surface area (Å²) in [5.74, 6) is 0.981. The van der Waals surface area contributed by atoms with Crippen molar-refractivity contribution in [1.29, 1.82) is 0 Å². The minimum atomic E-state index is 0.259. The van der Waals surface area contributed by atoms with Crippen LogP contribution in [0.25, 0.3) is 5.70 Å². The Bertz CT molecular complexity index is 517. The predicted molar refractivity (Wildman–Crippen MR) is 80.1 cm³/mol. The number of aliphatic imine (C=N–C) groups is 2. The standard InChI is InChI=1S/C15H20N2O2/c1-10(2)12-7-6-11(8-14(12)18)13(16-3)9-15(17-4)19-5/h6-10,18H,3H2,1-2,4-5H3/b13-9-,17-15?. The van der Waals surface area contributed by atoms with Crippen LogP contribution in [0.3, 0.4) is 0 Å². The van der Waals surface area contributed by atoms with Crippen LogP contribution in [0.5, 0.6) is 5.75 Å². The SMILES string of the molecule is C=N/C(=C\C(=NC)OC)c1ccc(C(C)C)c(O)c1. The van der Waals surface area contributed by atoms with Crippen molar-refractivity contribution in [2.45, 2.75) is 19.8 Å². The van der Waals surface area contributed by atoms with Crippen LogP contribution in [0.2, 0.25) is 0 Å². The molecule has 0 radical (unpaired) electrons. The lowest BCUT2D eigenvalue weighted by Crippen LogP contribution is -1.98. The van der Waals surface area contributed by atoms with Gasteiger partial charge in [-0.25, -0.2) is 0 Å². The fourth-order valence-electron chi connectivity index (χ4n) is 1.74. The summed E-state index contributed by atoms with van der Waals surface area (Å²) >= 11 is 0. The van der Waals surface area contributed by atoms with E-state index in [0.717, 1.165) is 11.1 Å². The largest absolute Gasteiger partial charge is 0.508 e. The Hall–Kier alpha value is -2.10. The molecular weight excluding hydrogens is 240 g/mol. The molecule has 4 heteroatoms. The maximum absolute atomic E-state index is 10.0. The van der Waals surface area contributed by atoms with Crippen molar-refractivity contribution < 1.29 is 9.84 Å². The van der Waals surface area contributed by atoms with Crippen molar-refractivity contribution in [3.05, 3.63) is 35.4 Å². The van der Waals surface area contributed by atoms with Gasteiger partial charge < -0.3 is 9.84 Å². The molecule has 1 aromatic carbocycles. The van der Waals surface area contributed by atoms with Gasteiger partial charge in [0.25, 0.3) is 0 Å². The lowest BCUT2D eigenvalue weighted by molar-refractivity contribution is 0.406. The van der Waals surface area contributed by atoms with E-state index in [1.807, 2.05) is 26.0 Å². The lowest BCUT2D eigenvalue weighted by Gasteiger charge is -2.10. The number of phenolic OH excluding ortho intramolecular Hbond substituents is 1. The average molecular weight is 260 g/mol. The van der Waals surface area contributed by atoms with Crippen LogP contribution in [-0.2, 0) is 4.74 Å². The minimum Gasteiger partial charge on any atom is -0.508 e. The number of hydrogen-bond acceptors (Lipinski definition) is 4. The maximum atomic E-state index is 10.0. The van der Waals surface area contributed by atoms with Gasteiger partial charge in [0.2, 0.25) is 5.90 Å². The van der Waals surface area contributed by atoms with Crippen molar-refractivity contribution in [2.24, 2.45) is 9.98 Å². The third-order valence-corrected chi connectivity index (χ3v) is 2.81. The first-order chi connectivity index (χ1) is 9.03. The molecule has 0 saturated carbocycles. The van der Waals surface area contributed by atoms with Crippen molar-refractivity contribution in [2.75, 3.05) is 14.2 Å². The molecule has 0 aromatic heterocycles. The molecule has 0 fully saturated rings. The first-order valence-corrected chi connectivity index (χ1v) is 6.06. The van der Waals surface area contributed by atoms with E-state index in [1.54, 1.807) is 26.3 Å². The number of aromatic hydroxyl groups is 1. The zero-order valence-electron chi connectivity index (χ0n) is 11.8. The van der Waals surface area contributed by atoms with Gasteiger partial charge in [0.1, 0.15) is 5.75 Å². The molecule has 4 nitrogen and oxygen atoms in total. The highest BCUT2D eigenvalue weighted by atomic mass is 16.5. The first-order valence-electron chi connectivity index (χ1n) is 6.06. The van der Waals surface area contributed by atoms with Gasteiger partial charge in [-0.3, -0.25) is 9.98 Å². The van der Waals surface area contributed by atoms with E-state index < -0.39 is 0 Å². The number of nitrogens with zero attached hydrogens (tertiary/aromatic N) is 2. The number of hydrogen-bond donors (Lipinski definition) is 1. The van der Waals surface area contributed by atoms with Gasteiger partial charge in [0.05, 0.1) is 12.8 Å². The Labute approximate surface area is 114 Å². The van der Waals surface area contributed by atoms with Gasteiger partial charge in [0, 0.05) is 18.7 Å². The highest BCUT2D eigenvalue weighted by Crippen LogP contribution is 2.29. The van der Waals surface area contributed by atoms with Crippen LogP contribution >= 0.6 is 0 Å². The normalized spacial score (nSPS) is 12.7. The summed E-state index contributed by atoms with van der Waals surface area (Å²) in [6.07, 6.45) is 1.68. The molecule has 0 heterocycles. The van der Waals surface area contributed by atoms with Crippen LogP contribution < -0.4 is 0 Å². The Kier molecular flexibility index (Phi) is 5.30. The second kappa shape index (κ2) is 6.73. The van der Waals surface area contributed by atoms with E-state index in [9.17, 15) is 5.11 Å². The Morgan fingerprint density at radius 2 is 2.11 bits per heavy atom. The molecule has 0 spiro atoms. The molecule has 0 unspecified atom stereocenters. The molecular formula is C15H20N2O2. The molecule has 0 aliphatic rings. The number of ether oxygens (including phenoxy) is 1. The topological polar surface area (TPSA) is 54.2 Å². The van der Waals surface area contributed by atoms with Crippen molar-refractivity contribution in [3.63, 3.8) is 0 Å². The van der Waals surface area contributed by atoms with E-state index in [0.29, 0.717) is 11.6 Å². The van der Waals surface area contributed by atoms with Crippen LogP contribution in [0.4, 0.5) is 0 Å². The van der Waals surface area contributed by atoms with E-state index in [-0.39, 0.29) is 11.7 Å². The number of benzene rings is 1.